The second-order valence-corrected chi connectivity index (χ2v) is 10.6. The van der Waals surface area contributed by atoms with Gasteiger partial charge in [-0.05, 0) is 25.1 Å². The van der Waals surface area contributed by atoms with Crippen molar-refractivity contribution < 1.29 is 79.2 Å². The predicted molar refractivity (Wildman–Crippen MR) is 147 cm³/mol. The average Bonchev–Trinajstić information content (AvgIpc) is 3.01. The summed E-state index contributed by atoms with van der Waals surface area (Å²) < 4.78 is 33.0. The van der Waals surface area contributed by atoms with E-state index in [1.165, 1.54) is 32.2 Å². The van der Waals surface area contributed by atoms with Crippen LogP contribution in [-0.4, -0.2) is 126 Å². The van der Waals surface area contributed by atoms with Crippen molar-refractivity contribution in [1.82, 2.24) is 0 Å². The Morgan fingerprint density at radius 1 is 0.778 bits per heavy atom. The Labute approximate surface area is 252 Å². The summed E-state index contributed by atoms with van der Waals surface area (Å²) in [5.74, 6) is -4.10. The molecule has 2 saturated heterocycles. The number of hydrogen-bond donors (Lipinski definition) is 10. The molecule has 2 aromatic carbocycles. The van der Waals surface area contributed by atoms with E-state index < -0.39 is 113 Å². The molecule has 17 nitrogen and oxygen atoms in total. The predicted octanol–water partition coefficient (Wildman–Crippen LogP) is -1.68. The Morgan fingerprint density at radius 3 is 2.13 bits per heavy atom. The number of benzene rings is 2. The van der Waals surface area contributed by atoms with E-state index in [-0.39, 0.29) is 17.1 Å². The molecule has 246 valence electrons. The highest BCUT2D eigenvalue weighted by Gasteiger charge is 2.48. The van der Waals surface area contributed by atoms with Crippen molar-refractivity contribution in [3.8, 4) is 45.8 Å². The summed E-state index contributed by atoms with van der Waals surface area (Å²) in [5, 5.41) is 102. The number of aliphatic hydroxyl groups is 6. The van der Waals surface area contributed by atoms with E-state index in [0.717, 1.165) is 0 Å². The summed E-state index contributed by atoms with van der Waals surface area (Å²) in [5.41, 5.74) is -1.77. The number of hydrogen-bond acceptors (Lipinski definition) is 17. The Balaban J connectivity index is 1.52. The van der Waals surface area contributed by atoms with Crippen LogP contribution in [-0.2, 0) is 14.2 Å². The van der Waals surface area contributed by atoms with Gasteiger partial charge in [0.15, 0.2) is 34.9 Å². The molecule has 2 fully saturated rings. The van der Waals surface area contributed by atoms with E-state index in [1.807, 2.05) is 0 Å². The van der Waals surface area contributed by atoms with Gasteiger partial charge in [-0.15, -0.1) is 0 Å². The number of aliphatic hydroxyl groups excluding tert-OH is 6. The fourth-order valence-electron chi connectivity index (χ4n) is 5.03. The molecule has 0 radical (unpaired) electrons. The van der Waals surface area contributed by atoms with E-state index in [1.54, 1.807) is 0 Å². The number of phenols is 4. The Morgan fingerprint density at radius 2 is 1.44 bits per heavy atom. The van der Waals surface area contributed by atoms with Gasteiger partial charge in [-0.1, -0.05) is 0 Å². The van der Waals surface area contributed by atoms with Crippen LogP contribution in [0.3, 0.4) is 0 Å². The molecule has 2 aliphatic rings. The van der Waals surface area contributed by atoms with E-state index >= 15 is 0 Å². The van der Waals surface area contributed by atoms with Gasteiger partial charge >= 0.3 is 0 Å². The van der Waals surface area contributed by atoms with Crippen molar-refractivity contribution in [1.29, 1.82) is 0 Å². The Kier molecular flexibility index (Phi) is 9.00. The first-order valence-electron chi connectivity index (χ1n) is 13.5. The van der Waals surface area contributed by atoms with E-state index in [4.69, 9.17) is 28.1 Å². The monoisotopic (exact) mass is 640 g/mol. The second kappa shape index (κ2) is 12.5. The molecule has 1 aromatic heterocycles. The molecular formula is C28H32O17. The number of aromatic hydroxyl groups is 4. The number of methoxy groups -OCH3 is 1. The van der Waals surface area contributed by atoms with Gasteiger partial charge in [-0.25, -0.2) is 0 Å². The van der Waals surface area contributed by atoms with Gasteiger partial charge in [-0.3, -0.25) is 4.79 Å². The molecule has 0 saturated carbocycles. The van der Waals surface area contributed by atoms with Crippen molar-refractivity contribution in [3.63, 3.8) is 0 Å². The van der Waals surface area contributed by atoms with E-state index in [0.29, 0.717) is 6.07 Å². The first-order valence-corrected chi connectivity index (χ1v) is 13.5. The summed E-state index contributed by atoms with van der Waals surface area (Å²) in [6.45, 7) is 0.797. The summed E-state index contributed by atoms with van der Waals surface area (Å²) in [4.78, 5) is 13.7. The summed E-state index contributed by atoms with van der Waals surface area (Å²) in [6.07, 6.45) is -16.3. The van der Waals surface area contributed by atoms with Crippen LogP contribution in [0.25, 0.3) is 22.3 Å². The maximum absolute atomic E-state index is 13.7. The lowest BCUT2D eigenvalue weighted by atomic mass is 9.98. The lowest BCUT2D eigenvalue weighted by Crippen LogP contribution is -2.61. The Bertz CT molecular complexity index is 1610. The van der Waals surface area contributed by atoms with Crippen molar-refractivity contribution in [2.75, 3.05) is 13.7 Å². The Hall–Kier alpha value is -3.91. The highest BCUT2D eigenvalue weighted by Crippen LogP contribution is 2.43. The molecule has 0 spiro atoms. The molecule has 0 unspecified atom stereocenters. The van der Waals surface area contributed by atoms with Crippen LogP contribution < -0.4 is 14.9 Å². The molecule has 10 atom stereocenters. The molecule has 3 aromatic rings. The van der Waals surface area contributed by atoms with Crippen LogP contribution in [0, 0.1) is 0 Å². The van der Waals surface area contributed by atoms with Crippen LogP contribution in [0.4, 0.5) is 0 Å². The van der Waals surface area contributed by atoms with Crippen LogP contribution in [0.2, 0.25) is 0 Å². The third-order valence-electron chi connectivity index (χ3n) is 7.64. The van der Waals surface area contributed by atoms with Gasteiger partial charge in [0.25, 0.3) is 0 Å². The molecular weight excluding hydrogens is 608 g/mol. The molecule has 3 heterocycles. The second-order valence-electron chi connectivity index (χ2n) is 10.6. The third kappa shape index (κ3) is 5.81. The number of fused-ring (bicyclic) bond motifs is 1. The number of ether oxygens (including phenoxy) is 5. The standard InChI is InChI=1S/C28H32O17/c1-8-16(32)20(36)22(38)27(42-8)41-7-14-18(34)21(37)23(39)28(43-14)45-26-19(35)15-11(30)6-12(31)17(33)25(15)44-24(26)9-3-4-10(29)13(5-9)40-2/h3-6,8,14,16,18,20-23,27-34,36-39H,7H2,1-2H3/t8-,14-,16-,18-,20-,21-,22+,23-,27+,28-/m0/s1. The van der Waals surface area contributed by atoms with Crippen LogP contribution >= 0.6 is 0 Å². The molecule has 45 heavy (non-hydrogen) atoms. The zero-order chi connectivity index (χ0) is 32.9. The van der Waals surface area contributed by atoms with Crippen molar-refractivity contribution >= 4 is 11.0 Å². The van der Waals surface area contributed by atoms with Crippen molar-refractivity contribution in [2.24, 2.45) is 0 Å². The zero-order valence-corrected chi connectivity index (χ0v) is 23.6. The summed E-state index contributed by atoms with van der Waals surface area (Å²) >= 11 is 0. The van der Waals surface area contributed by atoms with Gasteiger partial charge in [0.2, 0.25) is 23.2 Å². The third-order valence-corrected chi connectivity index (χ3v) is 7.64. The fraction of sp³-hybridized carbons (Fsp3) is 0.464. The minimum Gasteiger partial charge on any atom is -0.507 e. The van der Waals surface area contributed by atoms with Crippen LogP contribution in [0.5, 0.6) is 34.5 Å². The topological polar surface area (TPSA) is 279 Å². The fourth-order valence-corrected chi connectivity index (χ4v) is 5.03. The lowest BCUT2D eigenvalue weighted by Gasteiger charge is -2.42. The number of phenolic OH excluding ortho intramolecular Hbond substituents is 4. The molecule has 2 aliphatic heterocycles. The summed E-state index contributed by atoms with van der Waals surface area (Å²) in [6, 6.07) is 4.35. The quantitative estimate of drug-likeness (QED) is 0.102. The molecule has 10 N–H and O–H groups in total. The van der Waals surface area contributed by atoms with Crippen molar-refractivity contribution in [2.45, 2.75) is 68.3 Å². The summed E-state index contributed by atoms with van der Waals surface area (Å²) in [7, 11) is 1.25. The van der Waals surface area contributed by atoms with Gasteiger partial charge in [0, 0.05) is 11.6 Å². The highest BCUT2D eigenvalue weighted by atomic mass is 16.7. The van der Waals surface area contributed by atoms with Gasteiger partial charge in [-0.2, -0.15) is 0 Å². The van der Waals surface area contributed by atoms with Crippen molar-refractivity contribution in [3.05, 3.63) is 34.5 Å². The number of rotatable bonds is 7. The van der Waals surface area contributed by atoms with Crippen LogP contribution in [0.1, 0.15) is 6.92 Å². The molecule has 5 rings (SSSR count). The minimum absolute atomic E-state index is 0.00458. The largest absolute Gasteiger partial charge is 0.507 e. The van der Waals surface area contributed by atoms with E-state index in [9.17, 15) is 55.9 Å². The zero-order valence-electron chi connectivity index (χ0n) is 23.6. The first-order chi connectivity index (χ1) is 21.2. The van der Waals surface area contributed by atoms with Gasteiger partial charge < -0.3 is 79.2 Å². The average molecular weight is 641 g/mol. The first kappa shape index (κ1) is 32.5. The molecule has 0 aliphatic carbocycles. The molecule has 0 amide bonds. The minimum atomic E-state index is -2.00. The highest BCUT2D eigenvalue weighted by molar-refractivity contribution is 5.93. The molecule has 0 bridgehead atoms. The SMILES string of the molecule is COc1cc(-c2oc3c(O)c(O)cc(O)c3c(=O)c2O[C@@H]2O[C@@H](CO[C@@H]3O[C@@H](C)[C@H](O)[C@H](O)[C@H]3O)[C@H](O)[C@H](O)[C@@H]2O)ccc1O. The maximum Gasteiger partial charge on any atom is 0.239 e. The lowest BCUT2D eigenvalue weighted by molar-refractivity contribution is -0.318. The maximum atomic E-state index is 13.7. The van der Waals surface area contributed by atoms with Gasteiger partial charge in [0.1, 0.15) is 53.9 Å². The van der Waals surface area contributed by atoms with E-state index in [2.05, 4.69) is 0 Å². The normalized spacial score (nSPS) is 32.0. The van der Waals surface area contributed by atoms with Gasteiger partial charge in [0.05, 0.1) is 19.8 Å². The van der Waals surface area contributed by atoms with Crippen LogP contribution in [0.15, 0.2) is 33.5 Å². The molecule has 17 heteroatoms. The smallest absolute Gasteiger partial charge is 0.239 e.